The minimum Gasteiger partial charge on any atom is -0.396 e. The summed E-state index contributed by atoms with van der Waals surface area (Å²) in [5, 5.41) is 8.54. The summed E-state index contributed by atoms with van der Waals surface area (Å²) >= 11 is 0. The van der Waals surface area contributed by atoms with Crippen molar-refractivity contribution in [1.82, 2.24) is 0 Å². The summed E-state index contributed by atoms with van der Waals surface area (Å²) in [6, 6.07) is 0. The van der Waals surface area contributed by atoms with Crippen molar-refractivity contribution in [3.63, 3.8) is 0 Å². The van der Waals surface area contributed by atoms with Crippen molar-refractivity contribution in [2.75, 3.05) is 6.61 Å². The Morgan fingerprint density at radius 2 is 2.09 bits per heavy atom. The van der Waals surface area contributed by atoms with Crippen LogP contribution in [0.5, 0.6) is 0 Å². The van der Waals surface area contributed by atoms with Crippen LogP contribution in [0.3, 0.4) is 0 Å². The largest absolute Gasteiger partial charge is 0.396 e. The zero-order valence-corrected chi connectivity index (χ0v) is 7.71. The average molecular weight is 156 g/mol. The molecule has 0 saturated carbocycles. The van der Waals surface area contributed by atoms with Crippen molar-refractivity contribution in [1.29, 1.82) is 0 Å². The molecule has 0 aliphatic heterocycles. The lowest BCUT2D eigenvalue weighted by Crippen LogP contribution is -1.91. The minimum absolute atomic E-state index is 0.338. The summed E-state index contributed by atoms with van der Waals surface area (Å²) in [6.45, 7) is 4.71. The molecule has 0 aromatic rings. The van der Waals surface area contributed by atoms with Gasteiger partial charge in [0.2, 0.25) is 0 Å². The van der Waals surface area contributed by atoms with E-state index in [1.54, 1.807) is 0 Å². The maximum absolute atomic E-state index is 8.54. The predicted octanol–water partition coefficient (Wildman–Crippen LogP) is 2.75. The normalized spacial score (nSPS) is 14.1. The molecule has 0 aliphatic carbocycles. The van der Waals surface area contributed by atoms with Gasteiger partial charge in [0.05, 0.1) is 0 Å². The Morgan fingerprint density at radius 3 is 2.64 bits per heavy atom. The van der Waals surface area contributed by atoms with Crippen LogP contribution >= 0.6 is 0 Å². The Kier molecular flexibility index (Phi) is 7.59. The molecule has 1 heteroatoms. The molecule has 1 atom stereocenters. The Balaban J connectivity index is 3.21. The smallest absolute Gasteiger partial charge is 0.0431 e. The molecule has 0 aliphatic rings. The van der Waals surface area contributed by atoms with Gasteiger partial charge >= 0.3 is 0 Å². The predicted molar refractivity (Wildman–Crippen MR) is 49.5 cm³/mol. The molecule has 0 heterocycles. The lowest BCUT2D eigenvalue weighted by molar-refractivity contribution is 0.281. The molecule has 0 saturated heterocycles. The van der Waals surface area contributed by atoms with Gasteiger partial charge in [-0.05, 0) is 25.2 Å². The van der Waals surface area contributed by atoms with Crippen LogP contribution in [0.15, 0.2) is 12.2 Å². The molecule has 1 nitrogen and oxygen atoms in total. The first-order valence-corrected chi connectivity index (χ1v) is 4.58. The summed E-state index contributed by atoms with van der Waals surface area (Å²) < 4.78 is 0. The summed E-state index contributed by atoms with van der Waals surface area (Å²) in [7, 11) is 0. The van der Waals surface area contributed by atoms with Crippen LogP contribution in [0, 0.1) is 5.92 Å². The number of hydrogen-bond acceptors (Lipinski definition) is 1. The monoisotopic (exact) mass is 156 g/mol. The standard InChI is InChI=1S/C10H20O/c1-3-4-7-10(2)8-5-6-9-11/h4,7,10-11H,3,5-6,8-9H2,1-2H3/b7-4+. The molecule has 0 fully saturated rings. The van der Waals surface area contributed by atoms with Gasteiger partial charge in [0, 0.05) is 6.61 Å². The highest BCUT2D eigenvalue weighted by molar-refractivity contribution is 4.84. The fourth-order valence-corrected chi connectivity index (χ4v) is 1.04. The van der Waals surface area contributed by atoms with E-state index in [1.165, 1.54) is 6.42 Å². The van der Waals surface area contributed by atoms with Crippen molar-refractivity contribution >= 4 is 0 Å². The number of unbranched alkanes of at least 4 members (excludes halogenated alkanes) is 1. The van der Waals surface area contributed by atoms with Crippen molar-refractivity contribution < 1.29 is 5.11 Å². The number of aliphatic hydroxyl groups is 1. The molecule has 0 aromatic heterocycles. The van der Waals surface area contributed by atoms with Crippen LogP contribution in [-0.2, 0) is 0 Å². The van der Waals surface area contributed by atoms with Gasteiger partial charge in [-0.2, -0.15) is 0 Å². The Morgan fingerprint density at radius 1 is 1.36 bits per heavy atom. The molecule has 0 radical (unpaired) electrons. The highest BCUT2D eigenvalue weighted by atomic mass is 16.2. The van der Waals surface area contributed by atoms with E-state index in [-0.39, 0.29) is 0 Å². The van der Waals surface area contributed by atoms with E-state index in [9.17, 15) is 0 Å². The number of rotatable bonds is 6. The molecule has 0 bridgehead atoms. The molecule has 11 heavy (non-hydrogen) atoms. The average Bonchev–Trinajstić information content (AvgIpc) is 2.01. The second-order valence-electron chi connectivity index (χ2n) is 3.03. The van der Waals surface area contributed by atoms with Crippen LogP contribution < -0.4 is 0 Å². The Bertz CT molecular complexity index is 97.0. The summed E-state index contributed by atoms with van der Waals surface area (Å²) in [5.74, 6) is 0.682. The van der Waals surface area contributed by atoms with E-state index in [0.717, 1.165) is 19.3 Å². The van der Waals surface area contributed by atoms with Gasteiger partial charge in [-0.1, -0.05) is 32.4 Å². The number of aliphatic hydroxyl groups excluding tert-OH is 1. The zero-order chi connectivity index (χ0) is 8.53. The molecular formula is C10H20O. The van der Waals surface area contributed by atoms with Crippen LogP contribution in [0.4, 0.5) is 0 Å². The van der Waals surface area contributed by atoms with Gasteiger partial charge in [-0.3, -0.25) is 0 Å². The molecule has 1 N–H and O–H groups in total. The van der Waals surface area contributed by atoms with Crippen LogP contribution in [0.25, 0.3) is 0 Å². The van der Waals surface area contributed by atoms with Crippen LogP contribution in [-0.4, -0.2) is 11.7 Å². The van der Waals surface area contributed by atoms with Gasteiger partial charge in [-0.15, -0.1) is 0 Å². The van der Waals surface area contributed by atoms with Gasteiger partial charge < -0.3 is 5.11 Å². The van der Waals surface area contributed by atoms with Crippen molar-refractivity contribution in [2.45, 2.75) is 39.5 Å². The topological polar surface area (TPSA) is 20.2 Å². The molecule has 66 valence electrons. The fourth-order valence-electron chi connectivity index (χ4n) is 1.04. The first-order chi connectivity index (χ1) is 5.31. The van der Waals surface area contributed by atoms with Crippen molar-refractivity contribution in [3.05, 3.63) is 12.2 Å². The van der Waals surface area contributed by atoms with Crippen LogP contribution in [0.1, 0.15) is 39.5 Å². The minimum atomic E-state index is 0.338. The molecule has 0 spiro atoms. The fraction of sp³-hybridized carbons (Fsp3) is 0.800. The third kappa shape index (κ3) is 7.60. The van der Waals surface area contributed by atoms with E-state index in [4.69, 9.17) is 5.11 Å². The maximum atomic E-state index is 8.54. The second-order valence-corrected chi connectivity index (χ2v) is 3.03. The molecule has 0 aromatic carbocycles. The van der Waals surface area contributed by atoms with E-state index in [0.29, 0.717) is 12.5 Å². The summed E-state index contributed by atoms with van der Waals surface area (Å²) in [4.78, 5) is 0. The first kappa shape index (κ1) is 10.7. The Hall–Kier alpha value is -0.300. The highest BCUT2D eigenvalue weighted by Gasteiger charge is 1.94. The third-order valence-electron chi connectivity index (χ3n) is 1.77. The van der Waals surface area contributed by atoms with Gasteiger partial charge in [0.25, 0.3) is 0 Å². The number of allylic oxidation sites excluding steroid dienone is 2. The van der Waals surface area contributed by atoms with Crippen LogP contribution in [0.2, 0.25) is 0 Å². The first-order valence-electron chi connectivity index (χ1n) is 4.58. The molecule has 0 amide bonds. The summed E-state index contributed by atoms with van der Waals surface area (Å²) in [6.07, 6.45) is 8.90. The van der Waals surface area contributed by atoms with Gasteiger partial charge in [0.1, 0.15) is 0 Å². The lowest BCUT2D eigenvalue weighted by atomic mass is 10.0. The van der Waals surface area contributed by atoms with Gasteiger partial charge in [0.15, 0.2) is 0 Å². The van der Waals surface area contributed by atoms with E-state index in [2.05, 4.69) is 26.0 Å². The van der Waals surface area contributed by atoms with Crippen molar-refractivity contribution in [3.8, 4) is 0 Å². The SMILES string of the molecule is CC/C=C/C(C)CCCCO. The molecule has 0 rings (SSSR count). The molecular weight excluding hydrogens is 136 g/mol. The lowest BCUT2D eigenvalue weighted by Gasteiger charge is -2.03. The zero-order valence-electron chi connectivity index (χ0n) is 7.71. The summed E-state index contributed by atoms with van der Waals surface area (Å²) in [5.41, 5.74) is 0. The van der Waals surface area contributed by atoms with E-state index < -0.39 is 0 Å². The third-order valence-corrected chi connectivity index (χ3v) is 1.77. The van der Waals surface area contributed by atoms with Crippen molar-refractivity contribution in [2.24, 2.45) is 5.92 Å². The molecule has 1 unspecified atom stereocenters. The van der Waals surface area contributed by atoms with E-state index >= 15 is 0 Å². The van der Waals surface area contributed by atoms with Gasteiger partial charge in [-0.25, -0.2) is 0 Å². The second kappa shape index (κ2) is 7.80. The van der Waals surface area contributed by atoms with E-state index in [1.807, 2.05) is 0 Å². The maximum Gasteiger partial charge on any atom is 0.0431 e. The number of hydrogen-bond donors (Lipinski definition) is 1. The Labute approximate surface area is 70.1 Å². The quantitative estimate of drug-likeness (QED) is 0.463. The highest BCUT2D eigenvalue weighted by Crippen LogP contribution is 2.08.